The summed E-state index contributed by atoms with van der Waals surface area (Å²) < 4.78 is 5.96. The summed E-state index contributed by atoms with van der Waals surface area (Å²) >= 11 is 0. The first-order valence-corrected chi connectivity index (χ1v) is 15.3. The molecule has 0 aliphatic rings. The first kappa shape index (κ1) is 34.9. The van der Waals surface area contributed by atoms with Gasteiger partial charge in [0.1, 0.15) is 6.54 Å². The van der Waals surface area contributed by atoms with Crippen LogP contribution in [0.1, 0.15) is 149 Å². The van der Waals surface area contributed by atoms with E-state index in [2.05, 4.69) is 13.8 Å². The van der Waals surface area contributed by atoms with Crippen molar-refractivity contribution in [2.45, 2.75) is 155 Å². The molecule has 0 aliphatic heterocycles. The second-order valence-electron chi connectivity index (χ2n) is 12.3. The zero-order chi connectivity index (χ0) is 27.1. The Balaban J connectivity index is 3.55. The van der Waals surface area contributed by atoms with Crippen LogP contribution in [-0.2, 0) is 14.3 Å². The molecule has 5 nitrogen and oxygen atoms in total. The van der Waals surface area contributed by atoms with Crippen LogP contribution in [0.25, 0.3) is 0 Å². The number of carboxylic acids is 1. The molecule has 2 atom stereocenters. The fourth-order valence-corrected chi connectivity index (χ4v) is 4.96. The zero-order valence-corrected chi connectivity index (χ0v) is 24.8. The number of carbonyl (C=O) groups is 2. The molecule has 0 radical (unpaired) electrons. The van der Waals surface area contributed by atoms with E-state index >= 15 is 0 Å². The van der Waals surface area contributed by atoms with Gasteiger partial charge in [-0.05, 0) is 12.3 Å². The van der Waals surface area contributed by atoms with Crippen molar-refractivity contribution in [3.63, 3.8) is 0 Å². The van der Waals surface area contributed by atoms with E-state index in [0.29, 0.717) is 17.4 Å². The van der Waals surface area contributed by atoms with Gasteiger partial charge in [-0.3, -0.25) is 4.79 Å². The highest BCUT2D eigenvalue weighted by Gasteiger charge is 2.22. The molecular weight excluding hydrogens is 450 g/mol. The van der Waals surface area contributed by atoms with Gasteiger partial charge in [0.2, 0.25) is 0 Å². The molecule has 0 N–H and O–H groups in total. The van der Waals surface area contributed by atoms with Crippen LogP contribution >= 0.6 is 0 Å². The Morgan fingerprint density at radius 1 is 0.694 bits per heavy atom. The van der Waals surface area contributed by atoms with Crippen LogP contribution in [0.2, 0.25) is 0 Å². The highest BCUT2D eigenvalue weighted by Crippen LogP contribution is 2.19. The Kier molecular flexibility index (Phi) is 22.3. The Morgan fingerprint density at radius 2 is 1.11 bits per heavy atom. The molecule has 0 saturated carbocycles. The lowest BCUT2D eigenvalue weighted by molar-refractivity contribution is -0.873. The number of nitrogens with zero attached hydrogens (tertiary/aromatic N) is 1. The van der Waals surface area contributed by atoms with E-state index in [0.717, 1.165) is 25.2 Å². The van der Waals surface area contributed by atoms with Crippen molar-refractivity contribution in [3.05, 3.63) is 0 Å². The second kappa shape index (κ2) is 23.0. The molecule has 0 bridgehead atoms. The smallest absolute Gasteiger partial charge is 0.306 e. The van der Waals surface area contributed by atoms with Gasteiger partial charge < -0.3 is 19.1 Å². The SMILES string of the molecule is CCCCCCCCCCCCC(C)CCCCCCCCCC(=O)OC(CC(=O)[O-])C[N+](C)(C)C. The van der Waals surface area contributed by atoms with Gasteiger partial charge in [0.05, 0.1) is 21.1 Å². The number of likely N-dealkylation sites (N-methyl/N-ethyl adjacent to an activating group) is 1. The minimum atomic E-state index is -1.17. The predicted molar refractivity (Wildman–Crippen MR) is 150 cm³/mol. The number of ether oxygens (including phenoxy) is 1. The average Bonchev–Trinajstić information content (AvgIpc) is 2.77. The highest BCUT2D eigenvalue weighted by molar-refractivity contribution is 5.70. The van der Waals surface area contributed by atoms with Crippen molar-refractivity contribution in [1.29, 1.82) is 0 Å². The van der Waals surface area contributed by atoms with Crippen molar-refractivity contribution in [1.82, 2.24) is 0 Å². The topological polar surface area (TPSA) is 66.4 Å². The molecule has 0 saturated heterocycles. The summed E-state index contributed by atoms with van der Waals surface area (Å²) in [6, 6.07) is 0. The van der Waals surface area contributed by atoms with E-state index in [-0.39, 0.29) is 12.4 Å². The van der Waals surface area contributed by atoms with Crippen LogP contribution in [-0.4, -0.2) is 50.2 Å². The first-order valence-electron chi connectivity index (χ1n) is 15.3. The number of hydrogen-bond donors (Lipinski definition) is 0. The molecule has 2 unspecified atom stereocenters. The lowest BCUT2D eigenvalue weighted by atomic mass is 9.95. The third kappa shape index (κ3) is 26.0. The Hall–Kier alpha value is -1.10. The number of carboxylic acid groups (broad SMARTS) is 1. The van der Waals surface area contributed by atoms with E-state index in [1.54, 1.807) is 0 Å². The number of aliphatic carboxylic acids is 1. The number of esters is 1. The normalized spacial score (nSPS) is 13.5. The third-order valence-electron chi connectivity index (χ3n) is 7.07. The summed E-state index contributed by atoms with van der Waals surface area (Å²) in [4.78, 5) is 23.0. The van der Waals surface area contributed by atoms with Crippen LogP contribution in [0, 0.1) is 5.92 Å². The van der Waals surface area contributed by atoms with Crippen molar-refractivity contribution >= 4 is 11.9 Å². The lowest BCUT2D eigenvalue weighted by Crippen LogP contribution is -2.45. The third-order valence-corrected chi connectivity index (χ3v) is 7.07. The van der Waals surface area contributed by atoms with E-state index in [4.69, 9.17) is 4.74 Å². The van der Waals surface area contributed by atoms with Gasteiger partial charge in [0, 0.05) is 18.8 Å². The molecule has 0 heterocycles. The van der Waals surface area contributed by atoms with Crippen molar-refractivity contribution in [2.24, 2.45) is 5.92 Å². The van der Waals surface area contributed by atoms with Gasteiger partial charge in [-0.1, -0.05) is 129 Å². The first-order chi connectivity index (χ1) is 17.1. The summed E-state index contributed by atoms with van der Waals surface area (Å²) in [6.07, 6.45) is 24.6. The molecule has 0 amide bonds. The van der Waals surface area contributed by atoms with Crippen LogP contribution < -0.4 is 5.11 Å². The maximum Gasteiger partial charge on any atom is 0.306 e. The fourth-order valence-electron chi connectivity index (χ4n) is 4.96. The average molecular weight is 512 g/mol. The van der Waals surface area contributed by atoms with Crippen LogP contribution in [0.3, 0.4) is 0 Å². The van der Waals surface area contributed by atoms with Gasteiger partial charge in [-0.2, -0.15) is 0 Å². The van der Waals surface area contributed by atoms with Gasteiger partial charge in [0.25, 0.3) is 0 Å². The minimum absolute atomic E-state index is 0.237. The van der Waals surface area contributed by atoms with Crippen molar-refractivity contribution < 1.29 is 23.9 Å². The molecule has 0 aromatic rings. The molecule has 214 valence electrons. The number of rotatable bonds is 26. The largest absolute Gasteiger partial charge is 0.550 e. The summed E-state index contributed by atoms with van der Waals surface area (Å²) in [5, 5.41) is 10.9. The summed E-state index contributed by atoms with van der Waals surface area (Å²) in [6.45, 7) is 5.17. The molecule has 5 heteroatoms. The summed E-state index contributed by atoms with van der Waals surface area (Å²) in [7, 11) is 5.86. The van der Waals surface area contributed by atoms with E-state index in [1.807, 2.05) is 21.1 Å². The van der Waals surface area contributed by atoms with Gasteiger partial charge in [-0.15, -0.1) is 0 Å². The lowest BCUT2D eigenvalue weighted by Gasteiger charge is -2.29. The minimum Gasteiger partial charge on any atom is -0.550 e. The number of hydrogen-bond acceptors (Lipinski definition) is 4. The second-order valence-corrected chi connectivity index (χ2v) is 12.3. The number of carbonyl (C=O) groups excluding carboxylic acids is 2. The zero-order valence-electron chi connectivity index (χ0n) is 24.8. The van der Waals surface area contributed by atoms with Crippen molar-refractivity contribution in [3.8, 4) is 0 Å². The summed E-state index contributed by atoms with van der Waals surface area (Å²) in [5.74, 6) is -0.594. The number of quaternary nitrogens is 1. The van der Waals surface area contributed by atoms with Gasteiger partial charge >= 0.3 is 5.97 Å². The van der Waals surface area contributed by atoms with Crippen LogP contribution in [0.5, 0.6) is 0 Å². The molecular formula is C31H61NO4. The maximum atomic E-state index is 12.1. The molecule has 36 heavy (non-hydrogen) atoms. The van der Waals surface area contributed by atoms with E-state index in [9.17, 15) is 14.7 Å². The number of unbranched alkanes of at least 4 members (excludes halogenated alkanes) is 15. The Bertz CT molecular complexity index is 529. The quantitative estimate of drug-likeness (QED) is 0.0699. The summed E-state index contributed by atoms with van der Waals surface area (Å²) in [5.41, 5.74) is 0. The standard InChI is InChI=1S/C31H61NO4/c1-6-7-8-9-10-11-12-14-17-20-23-28(2)24-21-18-15-13-16-19-22-25-31(35)36-29(26-30(33)34)27-32(3,4)5/h28-29H,6-27H2,1-5H3. The molecule has 0 aliphatic carbocycles. The molecule has 0 fully saturated rings. The fraction of sp³-hybridized carbons (Fsp3) is 0.935. The van der Waals surface area contributed by atoms with Crippen LogP contribution in [0.15, 0.2) is 0 Å². The Labute approximate surface area is 224 Å². The molecule has 0 aromatic carbocycles. The molecule has 0 rings (SSSR count). The van der Waals surface area contributed by atoms with Crippen LogP contribution in [0.4, 0.5) is 0 Å². The van der Waals surface area contributed by atoms with Gasteiger partial charge in [0.15, 0.2) is 6.10 Å². The monoisotopic (exact) mass is 511 g/mol. The Morgan fingerprint density at radius 3 is 1.53 bits per heavy atom. The van der Waals surface area contributed by atoms with E-state index < -0.39 is 12.1 Å². The highest BCUT2D eigenvalue weighted by atomic mass is 16.5. The van der Waals surface area contributed by atoms with E-state index in [1.165, 1.54) is 103 Å². The molecule has 0 spiro atoms. The maximum absolute atomic E-state index is 12.1. The molecule has 0 aromatic heterocycles. The van der Waals surface area contributed by atoms with Crippen molar-refractivity contribution in [2.75, 3.05) is 27.7 Å². The van der Waals surface area contributed by atoms with Gasteiger partial charge in [-0.25, -0.2) is 0 Å². The predicted octanol–water partition coefficient (Wildman–Crippen LogP) is 7.20.